The normalized spacial score (nSPS) is 10.2. The summed E-state index contributed by atoms with van der Waals surface area (Å²) in [5.74, 6) is -1.29. The highest BCUT2D eigenvalue weighted by molar-refractivity contribution is 7.08. The van der Waals surface area contributed by atoms with E-state index in [1.165, 1.54) is 11.3 Å². The van der Waals surface area contributed by atoms with Crippen LogP contribution in [0.2, 0.25) is 0 Å². The minimum atomic E-state index is -0.507. The van der Waals surface area contributed by atoms with Gasteiger partial charge in [-0.15, -0.1) is 0 Å². The topological polar surface area (TPSA) is 84.5 Å². The molecule has 3 aromatic rings. The van der Waals surface area contributed by atoms with Gasteiger partial charge in [0.2, 0.25) is 0 Å². The summed E-state index contributed by atoms with van der Waals surface area (Å²) in [4.78, 5) is 36.5. The van der Waals surface area contributed by atoms with E-state index in [2.05, 4.69) is 10.6 Å². The second-order valence-electron chi connectivity index (χ2n) is 6.23. The number of amides is 2. The van der Waals surface area contributed by atoms with Crippen molar-refractivity contribution in [2.45, 2.75) is 13.0 Å². The lowest BCUT2D eigenvalue weighted by Gasteiger charge is -2.12. The number of anilines is 1. The molecule has 2 N–H and O–H groups in total. The summed E-state index contributed by atoms with van der Waals surface area (Å²) in [6, 6.07) is 18.0. The molecular weight excluding hydrogens is 388 g/mol. The van der Waals surface area contributed by atoms with Crippen LogP contribution in [-0.2, 0) is 27.3 Å². The van der Waals surface area contributed by atoms with Crippen LogP contribution >= 0.6 is 11.3 Å². The highest BCUT2D eigenvalue weighted by Crippen LogP contribution is 2.15. The van der Waals surface area contributed by atoms with Crippen molar-refractivity contribution >= 4 is 34.8 Å². The monoisotopic (exact) mass is 408 g/mol. The summed E-state index contributed by atoms with van der Waals surface area (Å²) in [5.41, 5.74) is 2.51. The van der Waals surface area contributed by atoms with Crippen LogP contribution in [0, 0.1) is 0 Å². The Kier molecular flexibility index (Phi) is 7.13. The van der Waals surface area contributed by atoms with Gasteiger partial charge in [-0.05, 0) is 40.1 Å². The summed E-state index contributed by atoms with van der Waals surface area (Å²) in [7, 11) is 0. The van der Waals surface area contributed by atoms with Crippen molar-refractivity contribution in [3.8, 4) is 0 Å². The van der Waals surface area contributed by atoms with Crippen LogP contribution in [0.5, 0.6) is 0 Å². The second-order valence-corrected chi connectivity index (χ2v) is 7.01. The Morgan fingerprint density at radius 3 is 2.41 bits per heavy atom. The Bertz CT molecular complexity index is 971. The SMILES string of the molecule is O=C(COC(=O)Cc1ccsc1)Nc1ccccc1C(=O)NCc1ccccc1. The molecule has 7 heteroatoms. The molecule has 3 rings (SSSR count). The molecule has 0 radical (unpaired) electrons. The molecule has 1 aromatic heterocycles. The molecule has 0 unspecified atom stereocenters. The number of hydrogen-bond acceptors (Lipinski definition) is 5. The van der Waals surface area contributed by atoms with Crippen LogP contribution in [-0.4, -0.2) is 24.4 Å². The zero-order valence-electron chi connectivity index (χ0n) is 15.6. The van der Waals surface area contributed by atoms with Gasteiger partial charge in [-0.3, -0.25) is 14.4 Å². The molecule has 0 aliphatic rings. The van der Waals surface area contributed by atoms with Gasteiger partial charge in [0.15, 0.2) is 6.61 Å². The van der Waals surface area contributed by atoms with Crippen molar-refractivity contribution in [1.82, 2.24) is 5.32 Å². The molecule has 0 atom stereocenters. The van der Waals surface area contributed by atoms with E-state index >= 15 is 0 Å². The van der Waals surface area contributed by atoms with Gasteiger partial charge in [-0.25, -0.2) is 0 Å². The number of esters is 1. The number of hydrogen-bond donors (Lipinski definition) is 2. The molecule has 0 spiro atoms. The summed E-state index contributed by atoms with van der Waals surface area (Å²) >= 11 is 1.49. The van der Waals surface area contributed by atoms with E-state index in [4.69, 9.17) is 4.74 Å². The van der Waals surface area contributed by atoms with E-state index in [9.17, 15) is 14.4 Å². The summed E-state index contributed by atoms with van der Waals surface area (Å²) in [5, 5.41) is 9.18. The van der Waals surface area contributed by atoms with E-state index in [0.717, 1.165) is 11.1 Å². The van der Waals surface area contributed by atoms with Gasteiger partial charge in [0, 0.05) is 6.54 Å². The number of ether oxygens (including phenoxy) is 1. The predicted octanol–water partition coefficient (Wildman–Crippen LogP) is 3.40. The van der Waals surface area contributed by atoms with E-state index < -0.39 is 18.5 Å². The third-order valence-corrected chi connectivity index (χ3v) is 4.77. The minimum Gasteiger partial charge on any atom is -0.455 e. The average molecular weight is 408 g/mol. The van der Waals surface area contributed by atoms with Crippen LogP contribution in [0.3, 0.4) is 0 Å². The fraction of sp³-hybridized carbons (Fsp3) is 0.136. The van der Waals surface area contributed by atoms with Crippen molar-refractivity contribution in [2.75, 3.05) is 11.9 Å². The maximum atomic E-state index is 12.5. The first-order valence-electron chi connectivity index (χ1n) is 8.99. The predicted molar refractivity (Wildman–Crippen MR) is 112 cm³/mol. The molecular formula is C22H20N2O4S. The molecule has 2 amide bonds. The summed E-state index contributed by atoms with van der Waals surface area (Å²) in [6.45, 7) is -0.0366. The van der Waals surface area contributed by atoms with E-state index in [1.54, 1.807) is 24.3 Å². The van der Waals surface area contributed by atoms with Gasteiger partial charge >= 0.3 is 5.97 Å². The van der Waals surface area contributed by atoms with Gasteiger partial charge < -0.3 is 15.4 Å². The molecule has 0 aliphatic heterocycles. The lowest BCUT2D eigenvalue weighted by molar-refractivity contribution is -0.146. The summed E-state index contributed by atoms with van der Waals surface area (Å²) < 4.78 is 5.01. The molecule has 6 nitrogen and oxygen atoms in total. The quantitative estimate of drug-likeness (QED) is 0.560. The molecule has 1 heterocycles. The highest BCUT2D eigenvalue weighted by Gasteiger charge is 2.14. The van der Waals surface area contributed by atoms with Crippen molar-refractivity contribution in [3.63, 3.8) is 0 Å². The molecule has 2 aromatic carbocycles. The van der Waals surface area contributed by atoms with Gasteiger partial charge in [-0.2, -0.15) is 11.3 Å². The van der Waals surface area contributed by atoms with Gasteiger partial charge in [0.1, 0.15) is 0 Å². The van der Waals surface area contributed by atoms with E-state index in [0.29, 0.717) is 17.8 Å². The number of para-hydroxylation sites is 1. The fourth-order valence-electron chi connectivity index (χ4n) is 2.61. The van der Waals surface area contributed by atoms with Crippen molar-refractivity contribution < 1.29 is 19.1 Å². The maximum absolute atomic E-state index is 12.5. The molecule has 0 aliphatic carbocycles. The molecule has 0 saturated heterocycles. The van der Waals surface area contributed by atoms with E-state index in [1.807, 2.05) is 47.2 Å². The minimum absolute atomic E-state index is 0.120. The molecule has 0 saturated carbocycles. The second kappa shape index (κ2) is 10.2. The van der Waals surface area contributed by atoms with Crippen molar-refractivity contribution in [2.24, 2.45) is 0 Å². The van der Waals surface area contributed by atoms with Crippen molar-refractivity contribution in [1.29, 1.82) is 0 Å². The molecule has 0 fully saturated rings. The van der Waals surface area contributed by atoms with Crippen molar-refractivity contribution in [3.05, 3.63) is 88.1 Å². The number of nitrogens with one attached hydrogen (secondary N) is 2. The number of thiophene rings is 1. The first-order valence-corrected chi connectivity index (χ1v) is 9.94. The standard InChI is InChI=1S/C22H20N2O4S/c25-20(14-28-21(26)12-17-10-11-29-15-17)24-19-9-5-4-8-18(19)22(27)23-13-16-6-2-1-3-7-16/h1-11,15H,12-14H2,(H,23,27)(H,24,25). The zero-order chi connectivity index (χ0) is 20.5. The largest absolute Gasteiger partial charge is 0.455 e. The third kappa shape index (κ3) is 6.29. The third-order valence-electron chi connectivity index (χ3n) is 4.03. The lowest BCUT2D eigenvalue weighted by Crippen LogP contribution is -2.26. The molecule has 29 heavy (non-hydrogen) atoms. The Balaban J connectivity index is 1.53. The van der Waals surface area contributed by atoms with Gasteiger partial charge in [0.05, 0.1) is 17.7 Å². The number of benzene rings is 2. The highest BCUT2D eigenvalue weighted by atomic mass is 32.1. The average Bonchev–Trinajstić information content (AvgIpc) is 3.24. The Hall–Kier alpha value is -3.45. The first-order chi connectivity index (χ1) is 14.1. The lowest BCUT2D eigenvalue weighted by atomic mass is 10.1. The van der Waals surface area contributed by atoms with Crippen LogP contribution in [0.15, 0.2) is 71.4 Å². The van der Waals surface area contributed by atoms with Crippen LogP contribution in [0.1, 0.15) is 21.5 Å². The first kappa shape index (κ1) is 20.3. The molecule has 0 bridgehead atoms. The Morgan fingerprint density at radius 2 is 1.66 bits per heavy atom. The van der Waals surface area contributed by atoms with Crippen LogP contribution < -0.4 is 10.6 Å². The smallest absolute Gasteiger partial charge is 0.310 e. The van der Waals surface area contributed by atoms with Gasteiger partial charge in [-0.1, -0.05) is 42.5 Å². The Labute approximate surface area is 172 Å². The molecule has 148 valence electrons. The zero-order valence-corrected chi connectivity index (χ0v) is 16.4. The van der Waals surface area contributed by atoms with E-state index in [-0.39, 0.29) is 12.3 Å². The van der Waals surface area contributed by atoms with Crippen LogP contribution in [0.4, 0.5) is 5.69 Å². The maximum Gasteiger partial charge on any atom is 0.310 e. The van der Waals surface area contributed by atoms with Gasteiger partial charge in [0.25, 0.3) is 11.8 Å². The Morgan fingerprint density at radius 1 is 0.897 bits per heavy atom. The number of carbonyl (C=O) groups is 3. The number of rotatable bonds is 8. The number of carbonyl (C=O) groups excluding carboxylic acids is 3. The summed E-state index contributed by atoms with van der Waals surface area (Å²) in [6.07, 6.45) is 0.120. The fourth-order valence-corrected chi connectivity index (χ4v) is 3.28. The van der Waals surface area contributed by atoms with Crippen LogP contribution in [0.25, 0.3) is 0 Å².